The quantitative estimate of drug-likeness (QED) is 0.656. The maximum absolute atomic E-state index is 12.8. The van der Waals surface area contributed by atoms with Crippen LogP contribution in [0.25, 0.3) is 0 Å². The van der Waals surface area contributed by atoms with Gasteiger partial charge < -0.3 is 14.8 Å². The van der Waals surface area contributed by atoms with Crippen molar-refractivity contribution in [2.75, 3.05) is 19.0 Å². The maximum atomic E-state index is 12.8. The fourth-order valence-corrected chi connectivity index (χ4v) is 4.00. The van der Waals surface area contributed by atoms with Gasteiger partial charge in [0.25, 0.3) is 0 Å². The van der Waals surface area contributed by atoms with E-state index in [0.717, 1.165) is 17.0 Å². The Labute approximate surface area is 178 Å². The van der Waals surface area contributed by atoms with Crippen LogP contribution in [0.3, 0.4) is 0 Å². The highest BCUT2D eigenvalue weighted by molar-refractivity contribution is 7.18. The maximum Gasteiger partial charge on any atom is 0.348 e. The van der Waals surface area contributed by atoms with E-state index in [9.17, 15) is 14.4 Å². The Bertz CT molecular complexity index is 950. The molecule has 29 heavy (non-hydrogen) atoms. The van der Waals surface area contributed by atoms with Gasteiger partial charge in [-0.15, -0.1) is 11.3 Å². The van der Waals surface area contributed by atoms with E-state index in [-0.39, 0.29) is 28.0 Å². The normalized spacial score (nSPS) is 11.8. The molecule has 0 aliphatic carbocycles. The molecular weight excluding hydrogens is 418 g/mol. The minimum atomic E-state index is -0.637. The molecule has 2 aromatic heterocycles. The average molecular weight is 442 g/mol. The number of nitrogens with zero attached hydrogens (tertiary/aromatic N) is 2. The predicted molar refractivity (Wildman–Crippen MR) is 111 cm³/mol. The summed E-state index contributed by atoms with van der Waals surface area (Å²) in [6, 6.07) is 0. The summed E-state index contributed by atoms with van der Waals surface area (Å²) in [5.41, 5.74) is 2.03. The molecule has 0 saturated carbocycles. The van der Waals surface area contributed by atoms with Crippen LogP contribution in [0.1, 0.15) is 50.8 Å². The number of carbonyl (C=O) groups is 3. The number of amides is 1. The Morgan fingerprint density at radius 3 is 2.41 bits per heavy atom. The molecule has 1 unspecified atom stereocenters. The summed E-state index contributed by atoms with van der Waals surface area (Å²) in [6.45, 7) is 9.19. The molecule has 0 radical (unpaired) electrons. The summed E-state index contributed by atoms with van der Waals surface area (Å²) in [6.07, 6.45) is 0. The summed E-state index contributed by atoms with van der Waals surface area (Å²) in [4.78, 5) is 37.4. The molecule has 2 heterocycles. The van der Waals surface area contributed by atoms with Crippen molar-refractivity contribution in [1.29, 1.82) is 0 Å². The topological polar surface area (TPSA) is 99.5 Å². The Kier molecular flexibility index (Phi) is 7.43. The van der Waals surface area contributed by atoms with Crippen LogP contribution in [0.5, 0.6) is 0 Å². The van der Waals surface area contributed by atoms with Gasteiger partial charge in [0, 0.05) is 0 Å². The Balaban J connectivity index is 2.28. The number of methoxy groups -OCH3 is 1. The fraction of sp³-hybridized carbons (Fsp3) is 0.474. The first-order chi connectivity index (χ1) is 13.6. The van der Waals surface area contributed by atoms with Gasteiger partial charge in [0.05, 0.1) is 48.2 Å². The minimum absolute atomic E-state index is 0.148. The number of aromatic nitrogens is 2. The van der Waals surface area contributed by atoms with E-state index >= 15 is 0 Å². The number of anilines is 1. The van der Waals surface area contributed by atoms with Crippen LogP contribution in [0, 0.1) is 26.7 Å². The first kappa shape index (κ1) is 22.9. The molecule has 0 fully saturated rings. The zero-order chi connectivity index (χ0) is 21.9. The van der Waals surface area contributed by atoms with Gasteiger partial charge in [-0.3, -0.25) is 9.48 Å². The molecule has 0 bridgehead atoms. The molecule has 0 saturated heterocycles. The van der Waals surface area contributed by atoms with Crippen molar-refractivity contribution in [3.8, 4) is 0 Å². The molecule has 2 aromatic rings. The van der Waals surface area contributed by atoms with Crippen LogP contribution in [0.4, 0.5) is 5.00 Å². The number of halogens is 1. The van der Waals surface area contributed by atoms with E-state index in [1.54, 1.807) is 32.4 Å². The average Bonchev–Trinajstić information content (AvgIpc) is 3.12. The molecule has 1 atom stereocenters. The second kappa shape index (κ2) is 9.41. The minimum Gasteiger partial charge on any atom is -0.465 e. The van der Waals surface area contributed by atoms with Gasteiger partial charge in [-0.05, 0) is 33.3 Å². The number of nitrogens with one attached hydrogen (secondary N) is 1. The number of ether oxygens (including phenoxy) is 2. The van der Waals surface area contributed by atoms with Crippen molar-refractivity contribution >= 4 is 45.8 Å². The molecule has 1 N–H and O–H groups in total. The monoisotopic (exact) mass is 441 g/mol. The van der Waals surface area contributed by atoms with E-state index in [1.165, 1.54) is 7.11 Å². The van der Waals surface area contributed by atoms with Crippen LogP contribution < -0.4 is 5.32 Å². The van der Waals surface area contributed by atoms with Crippen molar-refractivity contribution < 1.29 is 23.9 Å². The third-order valence-corrected chi connectivity index (χ3v) is 6.16. The molecule has 0 aliphatic rings. The molecular formula is C19H24ClN3O5S. The highest BCUT2D eigenvalue weighted by atomic mass is 35.5. The third kappa shape index (κ3) is 4.79. The number of hydrogen-bond donors (Lipinski definition) is 1. The molecule has 8 nitrogen and oxygen atoms in total. The number of aryl methyl sites for hydroxylation is 1. The standard InChI is InChI=1S/C19H24ClN3O5S/c1-7-28-19(26)15-10(3)13(18(25)27-6)17(29-15)21-16(24)9(2)8-23-12(5)14(20)11(4)22-23/h9H,7-8H2,1-6H3,(H,21,24). The lowest BCUT2D eigenvalue weighted by Gasteiger charge is -2.13. The van der Waals surface area contributed by atoms with Gasteiger partial charge in [0.2, 0.25) is 5.91 Å². The van der Waals surface area contributed by atoms with Crippen molar-refractivity contribution in [3.63, 3.8) is 0 Å². The number of thiophene rings is 1. The van der Waals surface area contributed by atoms with Gasteiger partial charge in [-0.25, -0.2) is 9.59 Å². The zero-order valence-corrected chi connectivity index (χ0v) is 18.8. The van der Waals surface area contributed by atoms with E-state index < -0.39 is 17.9 Å². The van der Waals surface area contributed by atoms with E-state index in [4.69, 9.17) is 21.1 Å². The smallest absolute Gasteiger partial charge is 0.348 e. The lowest BCUT2D eigenvalue weighted by molar-refractivity contribution is -0.119. The first-order valence-corrected chi connectivity index (χ1v) is 10.2. The Hall–Kier alpha value is -2.39. The van der Waals surface area contributed by atoms with Crippen LogP contribution >= 0.6 is 22.9 Å². The van der Waals surface area contributed by atoms with Gasteiger partial charge in [-0.2, -0.15) is 5.10 Å². The SMILES string of the molecule is CCOC(=O)c1sc(NC(=O)C(C)Cn2nc(C)c(Cl)c2C)c(C(=O)OC)c1C. The van der Waals surface area contributed by atoms with Crippen molar-refractivity contribution in [2.24, 2.45) is 5.92 Å². The lowest BCUT2D eigenvalue weighted by Crippen LogP contribution is -2.25. The Morgan fingerprint density at radius 2 is 1.90 bits per heavy atom. The summed E-state index contributed by atoms with van der Waals surface area (Å²) in [7, 11) is 1.24. The van der Waals surface area contributed by atoms with Gasteiger partial charge in [-0.1, -0.05) is 18.5 Å². The van der Waals surface area contributed by atoms with Gasteiger partial charge >= 0.3 is 11.9 Å². The van der Waals surface area contributed by atoms with Crippen molar-refractivity contribution in [1.82, 2.24) is 9.78 Å². The number of hydrogen-bond acceptors (Lipinski definition) is 7. The Morgan fingerprint density at radius 1 is 1.24 bits per heavy atom. The second-order valence-electron chi connectivity index (χ2n) is 6.53. The van der Waals surface area contributed by atoms with E-state index in [0.29, 0.717) is 22.8 Å². The van der Waals surface area contributed by atoms with Gasteiger partial charge in [0.1, 0.15) is 9.88 Å². The summed E-state index contributed by atoms with van der Waals surface area (Å²) in [5, 5.41) is 7.89. The molecule has 0 aromatic carbocycles. The van der Waals surface area contributed by atoms with Crippen LogP contribution in [0.2, 0.25) is 5.02 Å². The zero-order valence-electron chi connectivity index (χ0n) is 17.2. The number of rotatable bonds is 7. The van der Waals surface area contributed by atoms with Gasteiger partial charge in [0.15, 0.2) is 0 Å². The number of esters is 2. The molecule has 2 rings (SSSR count). The first-order valence-electron chi connectivity index (χ1n) is 9.01. The second-order valence-corrected chi connectivity index (χ2v) is 7.93. The number of carbonyl (C=O) groups excluding carboxylic acids is 3. The molecule has 10 heteroatoms. The highest BCUT2D eigenvalue weighted by Crippen LogP contribution is 2.34. The van der Waals surface area contributed by atoms with Crippen LogP contribution in [-0.2, 0) is 20.8 Å². The molecule has 0 spiro atoms. The van der Waals surface area contributed by atoms with Crippen LogP contribution in [0.15, 0.2) is 0 Å². The lowest BCUT2D eigenvalue weighted by atomic mass is 10.1. The molecule has 158 valence electrons. The summed E-state index contributed by atoms with van der Waals surface area (Å²) >= 11 is 7.15. The van der Waals surface area contributed by atoms with E-state index in [2.05, 4.69) is 10.4 Å². The van der Waals surface area contributed by atoms with Crippen molar-refractivity contribution in [2.45, 2.75) is 41.2 Å². The summed E-state index contributed by atoms with van der Waals surface area (Å²) in [5.74, 6) is -1.98. The molecule has 1 amide bonds. The third-order valence-electron chi connectivity index (χ3n) is 4.42. The van der Waals surface area contributed by atoms with Crippen LogP contribution in [-0.4, -0.2) is 41.3 Å². The largest absolute Gasteiger partial charge is 0.465 e. The fourth-order valence-electron chi connectivity index (χ4n) is 2.77. The van der Waals surface area contributed by atoms with Crippen molar-refractivity contribution in [3.05, 3.63) is 32.4 Å². The highest BCUT2D eigenvalue weighted by Gasteiger charge is 2.28. The van der Waals surface area contributed by atoms with E-state index in [1.807, 2.05) is 6.92 Å². The summed E-state index contributed by atoms with van der Waals surface area (Å²) < 4.78 is 11.5. The molecule has 0 aliphatic heterocycles. The predicted octanol–water partition coefficient (Wildman–Crippen LogP) is 3.76.